The predicted octanol–water partition coefficient (Wildman–Crippen LogP) is 1.10. The highest BCUT2D eigenvalue weighted by Crippen LogP contribution is 2.33. The monoisotopic (exact) mass is 274 g/mol. The zero-order valence-electron chi connectivity index (χ0n) is 11.2. The van der Waals surface area contributed by atoms with E-state index in [1.807, 2.05) is 24.3 Å². The smallest absolute Gasteiger partial charge is 0.230 e. The van der Waals surface area contributed by atoms with Crippen LogP contribution in [0.2, 0.25) is 0 Å². The van der Waals surface area contributed by atoms with Crippen LogP contribution in [0, 0.1) is 0 Å². The van der Waals surface area contributed by atoms with Crippen LogP contribution in [0.3, 0.4) is 0 Å². The first-order chi connectivity index (χ1) is 9.65. The Balaban J connectivity index is 1.83. The number of nitrogens with zero attached hydrogens (tertiary/aromatic N) is 1. The molecule has 2 aliphatic heterocycles. The molecule has 0 spiro atoms. The number of nitrogens with one attached hydrogen (secondary N) is 1. The molecule has 1 saturated heterocycles. The number of piperidine rings is 1. The molecule has 1 unspecified atom stereocenters. The molecule has 1 fully saturated rings. The van der Waals surface area contributed by atoms with Gasteiger partial charge in [-0.1, -0.05) is 18.2 Å². The second kappa shape index (κ2) is 5.25. The van der Waals surface area contributed by atoms with Crippen LogP contribution in [0.1, 0.15) is 30.7 Å². The van der Waals surface area contributed by atoms with Gasteiger partial charge in [-0.05, 0) is 24.5 Å². The minimum atomic E-state index is -0.393. The number of likely N-dealkylation sites (tertiary alicyclic amines) is 1. The zero-order valence-corrected chi connectivity index (χ0v) is 11.2. The summed E-state index contributed by atoms with van der Waals surface area (Å²) in [7, 11) is 0. The van der Waals surface area contributed by atoms with Gasteiger partial charge in [0.1, 0.15) is 0 Å². The van der Waals surface area contributed by atoms with Crippen LogP contribution in [0.4, 0.5) is 5.69 Å². The molecule has 1 aromatic rings. The molecule has 0 aliphatic carbocycles. The number of anilines is 1. The van der Waals surface area contributed by atoms with Crippen LogP contribution in [-0.2, 0) is 9.59 Å². The quantitative estimate of drug-likeness (QED) is 0.805. The number of fused-ring (bicyclic) bond motifs is 1. The van der Waals surface area contributed by atoms with Crippen molar-refractivity contribution < 1.29 is 14.7 Å². The molecule has 3 rings (SSSR count). The molecule has 0 bridgehead atoms. The Bertz CT molecular complexity index is 536. The predicted molar refractivity (Wildman–Crippen MR) is 74.3 cm³/mol. The molecule has 1 aromatic carbocycles. The maximum atomic E-state index is 12.6. The summed E-state index contributed by atoms with van der Waals surface area (Å²) in [6, 6.07) is 7.46. The van der Waals surface area contributed by atoms with Crippen LogP contribution in [0.25, 0.3) is 0 Å². The number of amides is 2. The van der Waals surface area contributed by atoms with E-state index in [1.165, 1.54) is 0 Å². The first kappa shape index (κ1) is 13.1. The molecule has 5 nitrogen and oxygen atoms in total. The fourth-order valence-corrected chi connectivity index (χ4v) is 2.94. The Labute approximate surface area is 117 Å². The van der Waals surface area contributed by atoms with E-state index in [0.29, 0.717) is 25.9 Å². The Morgan fingerprint density at radius 2 is 1.95 bits per heavy atom. The van der Waals surface area contributed by atoms with Crippen molar-refractivity contribution in [3.63, 3.8) is 0 Å². The van der Waals surface area contributed by atoms with Crippen LogP contribution >= 0.6 is 0 Å². The minimum absolute atomic E-state index is 0.000741. The lowest BCUT2D eigenvalue weighted by molar-refractivity contribution is -0.136. The third kappa shape index (κ3) is 2.41. The first-order valence-corrected chi connectivity index (χ1v) is 7.01. The van der Waals surface area contributed by atoms with E-state index in [2.05, 4.69) is 5.32 Å². The highest BCUT2D eigenvalue weighted by molar-refractivity contribution is 6.01. The average Bonchev–Trinajstić information content (AvgIpc) is 2.46. The van der Waals surface area contributed by atoms with Crippen molar-refractivity contribution in [2.75, 3.05) is 18.4 Å². The molecule has 5 heteroatoms. The van der Waals surface area contributed by atoms with Gasteiger partial charge in [-0.25, -0.2) is 0 Å². The molecule has 0 aromatic heterocycles. The van der Waals surface area contributed by atoms with Crippen LogP contribution in [0.15, 0.2) is 24.3 Å². The molecule has 2 N–H and O–H groups in total. The molecule has 2 heterocycles. The van der Waals surface area contributed by atoms with E-state index in [-0.39, 0.29) is 24.3 Å². The van der Waals surface area contributed by atoms with E-state index in [0.717, 1.165) is 11.3 Å². The highest BCUT2D eigenvalue weighted by atomic mass is 16.3. The summed E-state index contributed by atoms with van der Waals surface area (Å²) in [6.45, 7) is 1.14. The molecule has 1 atom stereocenters. The maximum absolute atomic E-state index is 12.6. The van der Waals surface area contributed by atoms with Gasteiger partial charge >= 0.3 is 0 Å². The lowest BCUT2D eigenvalue weighted by Crippen LogP contribution is -2.44. The number of aliphatic hydroxyl groups excluding tert-OH is 1. The van der Waals surface area contributed by atoms with Gasteiger partial charge in [0.25, 0.3) is 0 Å². The summed E-state index contributed by atoms with van der Waals surface area (Å²) in [5.41, 5.74) is 1.63. The fraction of sp³-hybridized carbons (Fsp3) is 0.467. The van der Waals surface area contributed by atoms with Crippen molar-refractivity contribution in [2.24, 2.45) is 0 Å². The molecule has 2 amide bonds. The summed E-state index contributed by atoms with van der Waals surface area (Å²) < 4.78 is 0. The summed E-state index contributed by atoms with van der Waals surface area (Å²) >= 11 is 0. The van der Waals surface area contributed by atoms with Gasteiger partial charge in [0.05, 0.1) is 12.0 Å². The summed E-state index contributed by atoms with van der Waals surface area (Å²) in [5.74, 6) is -0.506. The summed E-state index contributed by atoms with van der Waals surface area (Å²) in [5, 5.41) is 12.3. The molecular weight excluding hydrogens is 256 g/mol. The number of carbonyl (C=O) groups is 2. The van der Waals surface area contributed by atoms with Gasteiger partial charge in [-0.15, -0.1) is 0 Å². The number of benzene rings is 1. The number of hydrogen-bond donors (Lipinski definition) is 2. The van der Waals surface area contributed by atoms with Crippen LogP contribution in [0.5, 0.6) is 0 Å². The van der Waals surface area contributed by atoms with E-state index in [1.54, 1.807) is 4.90 Å². The first-order valence-electron chi connectivity index (χ1n) is 7.01. The van der Waals surface area contributed by atoms with E-state index in [4.69, 9.17) is 0 Å². The minimum Gasteiger partial charge on any atom is -0.393 e. The Morgan fingerprint density at radius 1 is 1.25 bits per heavy atom. The maximum Gasteiger partial charge on any atom is 0.230 e. The summed E-state index contributed by atoms with van der Waals surface area (Å²) in [4.78, 5) is 26.2. The SMILES string of the molecule is O=C1CC(C(=O)N2CCC(O)CC2)c2ccccc2N1. The Kier molecular flexibility index (Phi) is 3.44. The normalized spacial score (nSPS) is 23.1. The highest BCUT2D eigenvalue weighted by Gasteiger charge is 2.34. The average molecular weight is 274 g/mol. The number of aliphatic hydroxyl groups is 1. The number of para-hydroxylation sites is 1. The van der Waals surface area contributed by atoms with Gasteiger partial charge in [-0.2, -0.15) is 0 Å². The van der Waals surface area contributed by atoms with Crippen LogP contribution < -0.4 is 5.32 Å². The molecule has 20 heavy (non-hydrogen) atoms. The van der Waals surface area contributed by atoms with Crippen molar-refractivity contribution in [3.05, 3.63) is 29.8 Å². The van der Waals surface area contributed by atoms with Gasteiger partial charge in [0.2, 0.25) is 11.8 Å². The molecule has 0 saturated carbocycles. The molecule has 0 radical (unpaired) electrons. The fourth-order valence-electron chi connectivity index (χ4n) is 2.94. The van der Waals surface area contributed by atoms with Gasteiger partial charge < -0.3 is 15.3 Å². The lowest BCUT2D eigenvalue weighted by Gasteiger charge is -2.34. The van der Waals surface area contributed by atoms with E-state index < -0.39 is 5.92 Å². The van der Waals surface area contributed by atoms with Crippen molar-refractivity contribution in [1.29, 1.82) is 0 Å². The summed E-state index contributed by atoms with van der Waals surface area (Å²) in [6.07, 6.45) is 1.13. The van der Waals surface area contributed by atoms with Crippen molar-refractivity contribution >= 4 is 17.5 Å². The second-order valence-corrected chi connectivity index (χ2v) is 5.45. The molecular formula is C15H18N2O3. The number of carbonyl (C=O) groups excluding carboxylic acids is 2. The van der Waals surface area contributed by atoms with E-state index >= 15 is 0 Å². The molecule has 2 aliphatic rings. The van der Waals surface area contributed by atoms with E-state index in [9.17, 15) is 14.7 Å². The number of rotatable bonds is 1. The topological polar surface area (TPSA) is 69.6 Å². The number of hydrogen-bond acceptors (Lipinski definition) is 3. The third-order valence-corrected chi connectivity index (χ3v) is 4.07. The van der Waals surface area contributed by atoms with Gasteiger partial charge in [-0.3, -0.25) is 9.59 Å². The Hall–Kier alpha value is -1.88. The lowest BCUT2D eigenvalue weighted by atomic mass is 9.89. The molecule has 106 valence electrons. The Morgan fingerprint density at radius 3 is 2.70 bits per heavy atom. The third-order valence-electron chi connectivity index (χ3n) is 4.07. The van der Waals surface area contributed by atoms with Crippen molar-refractivity contribution in [1.82, 2.24) is 4.90 Å². The largest absolute Gasteiger partial charge is 0.393 e. The zero-order chi connectivity index (χ0) is 14.1. The van der Waals surface area contributed by atoms with Crippen LogP contribution in [-0.4, -0.2) is 41.0 Å². The van der Waals surface area contributed by atoms with Gasteiger partial charge in [0.15, 0.2) is 0 Å². The van der Waals surface area contributed by atoms with Gasteiger partial charge in [0, 0.05) is 25.2 Å². The second-order valence-electron chi connectivity index (χ2n) is 5.45. The van der Waals surface area contributed by atoms with Crippen molar-refractivity contribution in [3.8, 4) is 0 Å². The van der Waals surface area contributed by atoms with Crippen molar-refractivity contribution in [2.45, 2.75) is 31.3 Å². The standard InChI is InChI=1S/C15H18N2O3/c18-10-5-7-17(8-6-10)15(20)12-9-14(19)16-13-4-2-1-3-11(12)13/h1-4,10,12,18H,5-9H2,(H,16,19).